The zero-order valence-electron chi connectivity index (χ0n) is 11.1. The summed E-state index contributed by atoms with van der Waals surface area (Å²) in [6, 6.07) is 4.88. The molecule has 112 valence electrons. The molecule has 0 saturated heterocycles. The molecule has 2 aromatic rings. The van der Waals surface area contributed by atoms with Crippen LogP contribution in [0.25, 0.3) is 10.9 Å². The Labute approximate surface area is 132 Å². The Morgan fingerprint density at radius 1 is 1.43 bits per heavy atom. The van der Waals surface area contributed by atoms with Crippen LogP contribution in [-0.2, 0) is 11.3 Å². The maximum Gasteiger partial charge on any atom is 0.343 e. The van der Waals surface area contributed by atoms with E-state index >= 15 is 0 Å². The lowest BCUT2D eigenvalue weighted by Crippen LogP contribution is -2.22. The van der Waals surface area contributed by atoms with Crippen molar-refractivity contribution in [3.05, 3.63) is 43.8 Å². The summed E-state index contributed by atoms with van der Waals surface area (Å²) in [5, 5.41) is 0.230. The van der Waals surface area contributed by atoms with E-state index in [1.165, 1.54) is 4.57 Å². The summed E-state index contributed by atoms with van der Waals surface area (Å²) >= 11 is 2.01. The van der Waals surface area contributed by atoms with E-state index in [2.05, 4.69) is 0 Å². The van der Waals surface area contributed by atoms with Crippen molar-refractivity contribution in [2.45, 2.75) is 19.9 Å². The zero-order chi connectivity index (χ0) is 15.6. The molecule has 0 fully saturated rings. The number of fused-ring (bicyclic) bond motifs is 1. The Kier molecular flexibility index (Phi) is 4.92. The number of halogens is 3. The Morgan fingerprint density at radius 3 is 2.76 bits per heavy atom. The quantitative estimate of drug-likeness (QED) is 0.579. The fourth-order valence-electron chi connectivity index (χ4n) is 2.02. The molecule has 0 N–H and O–H groups in total. The van der Waals surface area contributed by atoms with Gasteiger partial charge in [-0.3, -0.25) is 4.79 Å². The minimum Gasteiger partial charge on any atom is -0.462 e. The van der Waals surface area contributed by atoms with Gasteiger partial charge in [0.25, 0.3) is 6.43 Å². The number of pyridine rings is 1. The maximum atomic E-state index is 12.7. The number of rotatable bonds is 4. The van der Waals surface area contributed by atoms with Gasteiger partial charge in [-0.15, -0.1) is 0 Å². The van der Waals surface area contributed by atoms with Crippen LogP contribution in [0.5, 0.6) is 0 Å². The molecular weight excluding hydrogens is 395 g/mol. The number of carbonyl (C=O) groups is 1. The predicted molar refractivity (Wildman–Crippen MR) is 82.9 cm³/mol. The molecule has 7 heteroatoms. The lowest BCUT2D eigenvalue weighted by atomic mass is 10.1. The minimum atomic E-state index is -2.59. The number of esters is 1. The van der Waals surface area contributed by atoms with Gasteiger partial charge in [0.1, 0.15) is 5.56 Å². The number of hydrogen-bond acceptors (Lipinski definition) is 3. The molecule has 2 rings (SSSR count). The van der Waals surface area contributed by atoms with Crippen LogP contribution in [0.4, 0.5) is 8.78 Å². The number of benzene rings is 1. The highest BCUT2D eigenvalue weighted by molar-refractivity contribution is 14.1. The largest absolute Gasteiger partial charge is 0.462 e. The second-order valence-corrected chi connectivity index (χ2v) is 5.54. The third-order valence-corrected chi connectivity index (χ3v) is 3.54. The lowest BCUT2D eigenvalue weighted by molar-refractivity contribution is 0.0523. The van der Waals surface area contributed by atoms with Crippen LogP contribution >= 0.6 is 22.6 Å². The van der Waals surface area contributed by atoms with Gasteiger partial charge in [0, 0.05) is 15.2 Å². The molecule has 0 aliphatic heterocycles. The molecule has 1 aromatic carbocycles. The highest BCUT2D eigenvalue weighted by atomic mass is 127. The first-order valence-corrected chi connectivity index (χ1v) is 7.30. The fourth-order valence-corrected chi connectivity index (χ4v) is 2.51. The molecule has 0 unspecified atom stereocenters. The summed E-state index contributed by atoms with van der Waals surface area (Å²) in [5.41, 5.74) is -0.367. The van der Waals surface area contributed by atoms with Gasteiger partial charge in [0.2, 0.25) is 5.43 Å². The molecule has 1 aromatic heterocycles. The van der Waals surface area contributed by atoms with Crippen molar-refractivity contribution < 1.29 is 18.3 Å². The lowest BCUT2D eigenvalue weighted by Gasteiger charge is -2.13. The summed E-state index contributed by atoms with van der Waals surface area (Å²) in [6.45, 7) is 1.13. The highest BCUT2D eigenvalue weighted by Crippen LogP contribution is 2.17. The summed E-state index contributed by atoms with van der Waals surface area (Å²) in [6.07, 6.45) is -1.45. The van der Waals surface area contributed by atoms with Crippen molar-refractivity contribution in [3.63, 3.8) is 0 Å². The van der Waals surface area contributed by atoms with Crippen molar-refractivity contribution in [3.8, 4) is 0 Å². The van der Waals surface area contributed by atoms with Gasteiger partial charge < -0.3 is 9.30 Å². The maximum absolute atomic E-state index is 12.7. The van der Waals surface area contributed by atoms with Gasteiger partial charge in [-0.25, -0.2) is 13.6 Å². The number of hydrogen-bond donors (Lipinski definition) is 0. The molecule has 1 heterocycles. The molecule has 0 atom stereocenters. The SMILES string of the molecule is CCOC(=O)c1cn(CC(F)F)c2ccc(I)cc2c1=O. The molecule has 4 nitrogen and oxygen atoms in total. The van der Waals surface area contributed by atoms with Crippen molar-refractivity contribution >= 4 is 39.5 Å². The molecule has 0 aliphatic rings. The number of aromatic nitrogens is 1. The number of nitrogens with zero attached hydrogens (tertiary/aromatic N) is 1. The molecule has 0 spiro atoms. The topological polar surface area (TPSA) is 48.3 Å². The van der Waals surface area contributed by atoms with E-state index in [1.807, 2.05) is 22.6 Å². The van der Waals surface area contributed by atoms with Gasteiger partial charge in [-0.2, -0.15) is 0 Å². The molecule has 21 heavy (non-hydrogen) atoms. The second kappa shape index (κ2) is 6.50. The summed E-state index contributed by atoms with van der Waals surface area (Å²) in [7, 11) is 0. The van der Waals surface area contributed by atoms with Gasteiger partial charge in [-0.1, -0.05) is 0 Å². The first kappa shape index (κ1) is 15.9. The first-order valence-electron chi connectivity index (χ1n) is 6.22. The van der Waals surface area contributed by atoms with Crippen LogP contribution in [0.2, 0.25) is 0 Å². The van der Waals surface area contributed by atoms with Gasteiger partial charge >= 0.3 is 5.97 Å². The van der Waals surface area contributed by atoms with Crippen LogP contribution in [-0.4, -0.2) is 23.6 Å². The van der Waals surface area contributed by atoms with Crippen LogP contribution in [0.3, 0.4) is 0 Å². The molecule has 0 aliphatic carbocycles. The Hall–Kier alpha value is -1.51. The van der Waals surface area contributed by atoms with Crippen molar-refractivity contribution in [2.75, 3.05) is 6.61 Å². The fraction of sp³-hybridized carbons (Fsp3) is 0.286. The molecular formula is C14H12F2INO3. The smallest absolute Gasteiger partial charge is 0.343 e. The van der Waals surface area contributed by atoms with Crippen LogP contribution < -0.4 is 5.43 Å². The van der Waals surface area contributed by atoms with Gasteiger partial charge in [0.05, 0.1) is 18.7 Å². The van der Waals surface area contributed by atoms with E-state index in [-0.39, 0.29) is 17.6 Å². The molecule has 0 bridgehead atoms. The first-order chi connectivity index (χ1) is 9.93. The van der Waals surface area contributed by atoms with Crippen LogP contribution in [0.1, 0.15) is 17.3 Å². The zero-order valence-corrected chi connectivity index (χ0v) is 13.3. The average Bonchev–Trinajstić information content (AvgIpc) is 2.41. The monoisotopic (exact) mass is 407 g/mol. The summed E-state index contributed by atoms with van der Waals surface area (Å²) < 4.78 is 32.2. The standard InChI is InChI=1S/C14H12F2INO3/c1-2-21-14(20)10-6-18(7-12(15)16)11-4-3-8(17)5-9(11)13(10)19/h3-6,12H,2,7H2,1H3. The van der Waals surface area contributed by atoms with Crippen molar-refractivity contribution in [1.29, 1.82) is 0 Å². The van der Waals surface area contributed by atoms with E-state index in [0.717, 1.165) is 9.77 Å². The molecule has 0 radical (unpaired) electrons. The molecule has 0 saturated carbocycles. The minimum absolute atomic E-state index is 0.109. The average molecular weight is 407 g/mol. The van der Waals surface area contributed by atoms with Crippen molar-refractivity contribution in [2.24, 2.45) is 0 Å². The van der Waals surface area contributed by atoms with E-state index in [9.17, 15) is 18.4 Å². The molecule has 0 amide bonds. The van der Waals surface area contributed by atoms with Crippen LogP contribution in [0, 0.1) is 3.57 Å². The Bertz CT molecular complexity index is 743. The number of ether oxygens (including phenoxy) is 1. The third-order valence-electron chi connectivity index (χ3n) is 2.87. The van der Waals surface area contributed by atoms with Crippen LogP contribution in [0.15, 0.2) is 29.2 Å². The summed E-state index contributed by atoms with van der Waals surface area (Å²) in [5.74, 6) is -0.800. The van der Waals surface area contributed by atoms with E-state index in [1.54, 1.807) is 25.1 Å². The number of carbonyl (C=O) groups excluding carboxylic acids is 1. The third kappa shape index (κ3) is 3.39. The number of alkyl halides is 2. The predicted octanol–water partition coefficient (Wildman–Crippen LogP) is 3.05. The Morgan fingerprint density at radius 2 is 2.14 bits per heavy atom. The van der Waals surface area contributed by atoms with E-state index < -0.39 is 24.4 Å². The van der Waals surface area contributed by atoms with Crippen molar-refractivity contribution in [1.82, 2.24) is 4.57 Å². The highest BCUT2D eigenvalue weighted by Gasteiger charge is 2.18. The van der Waals surface area contributed by atoms with Gasteiger partial charge in [-0.05, 0) is 47.7 Å². The Balaban J connectivity index is 2.73. The van der Waals surface area contributed by atoms with Gasteiger partial charge in [0.15, 0.2) is 0 Å². The summed E-state index contributed by atoms with van der Waals surface area (Å²) in [4.78, 5) is 24.1. The second-order valence-electron chi connectivity index (χ2n) is 4.30. The van der Waals surface area contributed by atoms with E-state index in [0.29, 0.717) is 5.52 Å². The van der Waals surface area contributed by atoms with E-state index in [4.69, 9.17) is 4.74 Å². The normalized spacial score (nSPS) is 11.1.